The second-order valence-corrected chi connectivity index (χ2v) is 9.41. The standard InChI is InChI=1S/C23H32ClN3O2/c1-3-6-21-16-11-17(22-7-4-5-10-27(21)22)14-26(13-16)23(29)19-9-8-18(12-20(19)24)25-15(2)28/h8-9,12,16-17,21-22H,3-7,10-11,13-14H2,1-2H3,(H,25,28)/t16-,17+,21-,22-/m0/s1. The fourth-order valence-corrected chi connectivity index (χ4v) is 6.17. The maximum atomic E-state index is 13.4. The minimum Gasteiger partial charge on any atom is -0.338 e. The van der Waals surface area contributed by atoms with Crippen molar-refractivity contribution < 1.29 is 9.59 Å². The van der Waals surface area contributed by atoms with Crippen molar-refractivity contribution in [3.63, 3.8) is 0 Å². The van der Waals surface area contributed by atoms with Gasteiger partial charge in [0.1, 0.15) is 0 Å². The molecule has 2 amide bonds. The summed E-state index contributed by atoms with van der Waals surface area (Å²) < 4.78 is 0. The molecule has 3 aliphatic rings. The first-order chi connectivity index (χ1) is 14.0. The molecule has 29 heavy (non-hydrogen) atoms. The number of nitrogens with zero attached hydrogens (tertiary/aromatic N) is 2. The second kappa shape index (κ2) is 8.65. The molecule has 2 bridgehead atoms. The first-order valence-corrected chi connectivity index (χ1v) is 11.5. The van der Waals surface area contributed by atoms with Crippen LogP contribution in [0, 0.1) is 11.8 Å². The minimum absolute atomic E-state index is 0.0265. The molecule has 3 aliphatic heterocycles. The molecule has 0 aliphatic carbocycles. The number of hydrogen-bond acceptors (Lipinski definition) is 3. The summed E-state index contributed by atoms with van der Waals surface area (Å²) in [4.78, 5) is 29.5. The van der Waals surface area contributed by atoms with Gasteiger partial charge in [0.15, 0.2) is 0 Å². The normalized spacial score (nSPS) is 29.3. The van der Waals surface area contributed by atoms with Crippen molar-refractivity contribution in [1.29, 1.82) is 0 Å². The zero-order valence-electron chi connectivity index (χ0n) is 17.5. The number of carbonyl (C=O) groups excluding carboxylic acids is 2. The molecule has 0 saturated carbocycles. The van der Waals surface area contributed by atoms with Crippen LogP contribution in [0.2, 0.25) is 5.02 Å². The van der Waals surface area contributed by atoms with Crippen molar-refractivity contribution in [2.75, 3.05) is 25.0 Å². The fourth-order valence-electron chi connectivity index (χ4n) is 5.91. The molecule has 158 valence electrons. The van der Waals surface area contributed by atoms with Gasteiger partial charge in [-0.05, 0) is 62.3 Å². The molecule has 3 heterocycles. The number of rotatable bonds is 4. The highest BCUT2D eigenvalue weighted by atomic mass is 35.5. The Balaban J connectivity index is 1.54. The van der Waals surface area contributed by atoms with Gasteiger partial charge < -0.3 is 10.2 Å². The molecule has 5 nitrogen and oxygen atoms in total. The monoisotopic (exact) mass is 417 g/mol. The smallest absolute Gasteiger partial charge is 0.255 e. The van der Waals surface area contributed by atoms with E-state index in [-0.39, 0.29) is 11.8 Å². The summed E-state index contributed by atoms with van der Waals surface area (Å²) in [6.07, 6.45) is 7.57. The van der Waals surface area contributed by atoms with Crippen LogP contribution in [-0.2, 0) is 4.79 Å². The van der Waals surface area contributed by atoms with Crippen molar-refractivity contribution in [2.45, 2.75) is 64.5 Å². The van der Waals surface area contributed by atoms with Crippen molar-refractivity contribution in [2.24, 2.45) is 11.8 Å². The van der Waals surface area contributed by atoms with Gasteiger partial charge in [-0.3, -0.25) is 14.5 Å². The molecule has 3 fully saturated rings. The van der Waals surface area contributed by atoms with Crippen LogP contribution in [0.15, 0.2) is 18.2 Å². The lowest BCUT2D eigenvalue weighted by Gasteiger charge is -2.57. The Labute approximate surface area is 178 Å². The van der Waals surface area contributed by atoms with Gasteiger partial charge in [0.2, 0.25) is 5.91 Å². The third-order valence-electron chi connectivity index (χ3n) is 7.01. The highest BCUT2D eigenvalue weighted by molar-refractivity contribution is 6.34. The number of hydrogen-bond donors (Lipinski definition) is 1. The number of nitrogens with one attached hydrogen (secondary N) is 1. The molecule has 4 atom stereocenters. The molecule has 3 saturated heterocycles. The zero-order valence-corrected chi connectivity index (χ0v) is 18.3. The van der Waals surface area contributed by atoms with Gasteiger partial charge in [-0.2, -0.15) is 0 Å². The maximum absolute atomic E-state index is 13.4. The Bertz CT molecular complexity index is 783. The summed E-state index contributed by atoms with van der Waals surface area (Å²) in [5, 5.41) is 3.12. The van der Waals surface area contributed by atoms with Gasteiger partial charge in [-0.1, -0.05) is 31.4 Å². The highest BCUT2D eigenvalue weighted by Gasteiger charge is 2.47. The molecule has 1 N–H and O–H groups in total. The number of piperidine rings is 3. The number of likely N-dealkylation sites (tertiary alicyclic amines) is 1. The third kappa shape index (κ3) is 4.17. The van der Waals surface area contributed by atoms with E-state index in [0.717, 1.165) is 13.1 Å². The van der Waals surface area contributed by atoms with E-state index in [1.165, 1.54) is 52.0 Å². The first-order valence-electron chi connectivity index (χ1n) is 11.1. The van der Waals surface area contributed by atoms with Crippen LogP contribution in [0.4, 0.5) is 5.69 Å². The van der Waals surface area contributed by atoms with Crippen molar-refractivity contribution in [3.05, 3.63) is 28.8 Å². The first kappa shape index (κ1) is 20.7. The summed E-state index contributed by atoms with van der Waals surface area (Å²) in [5.74, 6) is 1.01. The fraction of sp³-hybridized carbons (Fsp3) is 0.652. The van der Waals surface area contributed by atoms with E-state index >= 15 is 0 Å². The Morgan fingerprint density at radius 1 is 1.21 bits per heavy atom. The van der Waals surface area contributed by atoms with Gasteiger partial charge in [-0.15, -0.1) is 0 Å². The van der Waals surface area contributed by atoms with E-state index in [4.69, 9.17) is 11.6 Å². The van der Waals surface area contributed by atoms with Crippen molar-refractivity contribution in [3.8, 4) is 0 Å². The number of anilines is 1. The van der Waals surface area contributed by atoms with Gasteiger partial charge in [0, 0.05) is 37.8 Å². The summed E-state index contributed by atoms with van der Waals surface area (Å²) in [6.45, 7) is 6.62. The van der Waals surface area contributed by atoms with Crippen LogP contribution in [-0.4, -0.2) is 53.3 Å². The number of amides is 2. The number of benzene rings is 1. The molecular formula is C23H32ClN3O2. The number of halogens is 1. The van der Waals surface area contributed by atoms with Crippen LogP contribution >= 0.6 is 11.6 Å². The van der Waals surface area contributed by atoms with E-state index < -0.39 is 0 Å². The Kier molecular flexibility index (Phi) is 6.16. The average Bonchev–Trinajstić information content (AvgIpc) is 2.70. The molecule has 0 aromatic heterocycles. The topological polar surface area (TPSA) is 52.7 Å². The quantitative estimate of drug-likeness (QED) is 0.789. The van der Waals surface area contributed by atoms with E-state index in [0.29, 0.717) is 40.2 Å². The van der Waals surface area contributed by atoms with Crippen LogP contribution in [0.3, 0.4) is 0 Å². The lowest BCUT2D eigenvalue weighted by atomic mass is 9.71. The molecule has 1 aromatic rings. The molecule has 0 radical (unpaired) electrons. The van der Waals surface area contributed by atoms with E-state index in [9.17, 15) is 9.59 Å². The Morgan fingerprint density at radius 2 is 2.00 bits per heavy atom. The van der Waals surface area contributed by atoms with Crippen molar-refractivity contribution >= 4 is 29.1 Å². The van der Waals surface area contributed by atoms with E-state index in [1.54, 1.807) is 18.2 Å². The van der Waals surface area contributed by atoms with Crippen molar-refractivity contribution in [1.82, 2.24) is 9.80 Å². The van der Waals surface area contributed by atoms with E-state index in [1.807, 2.05) is 4.90 Å². The predicted molar refractivity (Wildman–Crippen MR) is 116 cm³/mol. The lowest BCUT2D eigenvalue weighted by molar-refractivity contribution is -0.114. The SMILES string of the molecule is CCC[C@H]1[C@H]2C[C@H](CN(C(=O)c3ccc(NC(C)=O)cc3Cl)C2)[C@@H]2CCCCN21. The molecule has 4 rings (SSSR count). The third-order valence-corrected chi connectivity index (χ3v) is 7.33. The van der Waals surface area contributed by atoms with Crippen LogP contribution in [0.5, 0.6) is 0 Å². The lowest BCUT2D eigenvalue weighted by Crippen LogP contribution is -2.64. The molecule has 0 unspecified atom stereocenters. The summed E-state index contributed by atoms with van der Waals surface area (Å²) >= 11 is 6.43. The maximum Gasteiger partial charge on any atom is 0.255 e. The van der Waals surface area contributed by atoms with Gasteiger partial charge in [0.05, 0.1) is 10.6 Å². The summed E-state index contributed by atoms with van der Waals surface area (Å²) in [5.41, 5.74) is 1.16. The zero-order chi connectivity index (χ0) is 20.5. The molecule has 1 aromatic carbocycles. The van der Waals surface area contributed by atoms with Crippen LogP contribution in [0.25, 0.3) is 0 Å². The highest BCUT2D eigenvalue weighted by Crippen LogP contribution is 2.43. The summed E-state index contributed by atoms with van der Waals surface area (Å²) in [7, 11) is 0. The molecule has 6 heteroatoms. The second-order valence-electron chi connectivity index (χ2n) is 9.00. The number of fused-ring (bicyclic) bond motifs is 4. The molecular weight excluding hydrogens is 386 g/mol. The average molecular weight is 418 g/mol. The summed E-state index contributed by atoms with van der Waals surface area (Å²) in [6, 6.07) is 6.41. The minimum atomic E-state index is -0.150. The van der Waals surface area contributed by atoms with Gasteiger partial charge in [0.25, 0.3) is 5.91 Å². The van der Waals surface area contributed by atoms with Gasteiger partial charge >= 0.3 is 0 Å². The van der Waals surface area contributed by atoms with Crippen LogP contribution < -0.4 is 5.32 Å². The largest absolute Gasteiger partial charge is 0.338 e. The van der Waals surface area contributed by atoms with Crippen LogP contribution in [0.1, 0.15) is 62.7 Å². The Morgan fingerprint density at radius 3 is 2.72 bits per heavy atom. The Hall–Kier alpha value is -1.59. The predicted octanol–water partition coefficient (Wildman–Crippen LogP) is 4.41. The van der Waals surface area contributed by atoms with E-state index in [2.05, 4.69) is 17.1 Å². The molecule has 0 spiro atoms. The van der Waals surface area contributed by atoms with Gasteiger partial charge in [-0.25, -0.2) is 0 Å². The number of carbonyl (C=O) groups is 2.